The molecule has 2 aromatic rings. The average Bonchev–Trinajstić information content (AvgIpc) is 2.54. The highest BCUT2D eigenvalue weighted by molar-refractivity contribution is 9.10. The second-order valence-corrected chi connectivity index (χ2v) is 7.44. The predicted molar refractivity (Wildman–Crippen MR) is 91.7 cm³/mol. The molecule has 2 rings (SSSR count). The minimum absolute atomic E-state index is 0.121. The van der Waals surface area contributed by atoms with Crippen LogP contribution in [0.3, 0.4) is 0 Å². The molecule has 0 heterocycles. The van der Waals surface area contributed by atoms with Crippen LogP contribution in [0, 0.1) is 5.82 Å². The van der Waals surface area contributed by atoms with Gasteiger partial charge in [-0.3, -0.25) is 9.10 Å². The number of benzene rings is 2. The monoisotopic (exact) mass is 415 g/mol. The summed E-state index contributed by atoms with van der Waals surface area (Å²) < 4.78 is 45.2. The fourth-order valence-corrected chi connectivity index (χ4v) is 4.06. The lowest BCUT2D eigenvalue weighted by atomic mass is 10.3. The Morgan fingerprint density at radius 1 is 1.17 bits per heavy atom. The van der Waals surface area contributed by atoms with Gasteiger partial charge in [0.1, 0.15) is 12.4 Å². The number of nitrogens with zero attached hydrogens (tertiary/aromatic N) is 1. The number of hydrogen-bond donors (Lipinski definition) is 0. The van der Waals surface area contributed by atoms with Crippen molar-refractivity contribution in [2.24, 2.45) is 0 Å². The molecule has 0 aliphatic rings. The molecule has 0 radical (unpaired) electrons. The summed E-state index contributed by atoms with van der Waals surface area (Å²) >= 11 is 3.28. The van der Waals surface area contributed by atoms with E-state index >= 15 is 0 Å². The maximum Gasteiger partial charge on any atom is 0.326 e. The number of anilines is 1. The quantitative estimate of drug-likeness (QED) is 0.678. The Morgan fingerprint density at radius 3 is 2.38 bits per heavy atom. The Labute approximate surface area is 148 Å². The smallest absolute Gasteiger partial charge is 0.326 e. The maximum absolute atomic E-state index is 13.1. The average molecular weight is 416 g/mol. The van der Waals surface area contributed by atoms with Crippen LogP contribution < -0.4 is 4.31 Å². The standard InChI is InChI=1S/C16H15BrFNO4S/c1-2-23-16(20)11-19(15-6-4-3-5-14(15)17)24(21,22)13-9-7-12(18)8-10-13/h3-10H,2,11H2,1H3. The molecule has 0 N–H and O–H groups in total. The normalized spacial score (nSPS) is 11.1. The first kappa shape index (κ1) is 18.4. The molecule has 0 spiro atoms. The zero-order valence-electron chi connectivity index (χ0n) is 12.8. The van der Waals surface area contributed by atoms with Crippen LogP contribution in [0.5, 0.6) is 0 Å². The molecule has 0 aliphatic heterocycles. The van der Waals surface area contributed by atoms with Crippen molar-refractivity contribution in [2.75, 3.05) is 17.5 Å². The number of carbonyl (C=O) groups is 1. The molecule has 0 saturated heterocycles. The lowest BCUT2D eigenvalue weighted by molar-refractivity contribution is -0.141. The van der Waals surface area contributed by atoms with Crippen LogP contribution in [0.15, 0.2) is 57.9 Å². The number of halogens is 2. The van der Waals surface area contributed by atoms with E-state index in [0.29, 0.717) is 4.47 Å². The van der Waals surface area contributed by atoms with Crippen LogP contribution in [-0.4, -0.2) is 27.5 Å². The molecule has 5 nitrogen and oxygen atoms in total. The molecular weight excluding hydrogens is 401 g/mol. The molecule has 2 aromatic carbocycles. The lowest BCUT2D eigenvalue weighted by Crippen LogP contribution is -2.36. The van der Waals surface area contributed by atoms with E-state index in [0.717, 1.165) is 28.6 Å². The minimum Gasteiger partial charge on any atom is -0.465 e. The van der Waals surface area contributed by atoms with E-state index in [1.165, 1.54) is 0 Å². The van der Waals surface area contributed by atoms with Gasteiger partial charge in [-0.15, -0.1) is 0 Å². The zero-order valence-corrected chi connectivity index (χ0v) is 15.2. The summed E-state index contributed by atoms with van der Waals surface area (Å²) in [6.45, 7) is 1.28. The summed E-state index contributed by atoms with van der Waals surface area (Å²) in [6, 6.07) is 11.0. The van der Waals surface area contributed by atoms with Crippen LogP contribution in [0.1, 0.15) is 6.92 Å². The van der Waals surface area contributed by atoms with E-state index in [9.17, 15) is 17.6 Å². The Kier molecular flexibility index (Phi) is 5.95. The second-order valence-electron chi connectivity index (χ2n) is 4.72. The van der Waals surface area contributed by atoms with E-state index in [1.807, 2.05) is 0 Å². The van der Waals surface area contributed by atoms with Crippen LogP contribution in [0.4, 0.5) is 10.1 Å². The van der Waals surface area contributed by atoms with Crippen molar-refractivity contribution in [1.29, 1.82) is 0 Å². The molecule has 0 aliphatic carbocycles. The second kappa shape index (κ2) is 7.76. The number of carbonyl (C=O) groups excluding carboxylic acids is 1. The van der Waals surface area contributed by atoms with Crippen molar-refractivity contribution in [3.63, 3.8) is 0 Å². The molecule has 0 aromatic heterocycles. The van der Waals surface area contributed by atoms with E-state index in [2.05, 4.69) is 15.9 Å². The number of ether oxygens (including phenoxy) is 1. The maximum atomic E-state index is 13.1. The molecule has 0 fully saturated rings. The zero-order chi connectivity index (χ0) is 17.7. The van der Waals surface area contributed by atoms with E-state index < -0.39 is 28.4 Å². The summed E-state index contributed by atoms with van der Waals surface area (Å²) in [4.78, 5) is 11.7. The highest BCUT2D eigenvalue weighted by Gasteiger charge is 2.29. The molecule has 128 valence electrons. The van der Waals surface area contributed by atoms with Gasteiger partial charge in [0, 0.05) is 4.47 Å². The Morgan fingerprint density at radius 2 is 1.79 bits per heavy atom. The summed E-state index contributed by atoms with van der Waals surface area (Å²) in [5.41, 5.74) is 0.287. The first-order valence-electron chi connectivity index (χ1n) is 7.04. The first-order valence-corrected chi connectivity index (χ1v) is 9.28. The third-order valence-electron chi connectivity index (χ3n) is 3.10. The topological polar surface area (TPSA) is 63.7 Å². The van der Waals surface area contributed by atoms with E-state index in [1.54, 1.807) is 31.2 Å². The number of rotatable bonds is 6. The van der Waals surface area contributed by atoms with Crippen LogP contribution in [0.25, 0.3) is 0 Å². The summed E-state index contributed by atoms with van der Waals surface area (Å²) in [5, 5.41) is 0. The molecule has 8 heteroatoms. The molecule has 0 bridgehead atoms. The number of sulfonamides is 1. The first-order chi connectivity index (χ1) is 11.4. The van der Waals surface area contributed by atoms with Gasteiger partial charge < -0.3 is 4.74 Å². The fraction of sp³-hybridized carbons (Fsp3) is 0.188. The minimum atomic E-state index is -4.07. The van der Waals surface area contributed by atoms with Crippen molar-refractivity contribution in [2.45, 2.75) is 11.8 Å². The van der Waals surface area contributed by atoms with Gasteiger partial charge in [0.25, 0.3) is 10.0 Å². The Hall–Kier alpha value is -1.93. The molecular formula is C16H15BrFNO4S. The van der Waals surface area contributed by atoms with Gasteiger partial charge in [-0.25, -0.2) is 12.8 Å². The number of esters is 1. The summed E-state index contributed by atoms with van der Waals surface area (Å²) in [5.74, 6) is -1.23. The fourth-order valence-electron chi connectivity index (χ4n) is 2.01. The third kappa shape index (κ3) is 4.12. The molecule has 0 amide bonds. The van der Waals surface area contributed by atoms with E-state index in [-0.39, 0.29) is 17.2 Å². The van der Waals surface area contributed by atoms with Crippen molar-refractivity contribution >= 4 is 37.6 Å². The lowest BCUT2D eigenvalue weighted by Gasteiger charge is -2.24. The van der Waals surface area contributed by atoms with Crippen molar-refractivity contribution in [1.82, 2.24) is 0 Å². The summed E-state index contributed by atoms with van der Waals surface area (Å²) in [7, 11) is -4.07. The van der Waals surface area contributed by atoms with Crippen molar-refractivity contribution in [3.05, 3.63) is 58.8 Å². The Balaban J connectivity index is 2.50. The van der Waals surface area contributed by atoms with Gasteiger partial charge in [0.15, 0.2) is 0 Å². The SMILES string of the molecule is CCOC(=O)CN(c1ccccc1Br)S(=O)(=O)c1ccc(F)cc1. The van der Waals surface area contributed by atoms with Gasteiger partial charge >= 0.3 is 5.97 Å². The van der Waals surface area contributed by atoms with Crippen molar-refractivity contribution in [3.8, 4) is 0 Å². The largest absolute Gasteiger partial charge is 0.465 e. The van der Waals surface area contributed by atoms with E-state index in [4.69, 9.17) is 4.74 Å². The van der Waals surface area contributed by atoms with Crippen LogP contribution in [-0.2, 0) is 19.6 Å². The Bertz CT molecular complexity index is 824. The van der Waals surface area contributed by atoms with Gasteiger partial charge in [-0.2, -0.15) is 0 Å². The van der Waals surface area contributed by atoms with Crippen molar-refractivity contribution < 1.29 is 22.3 Å². The summed E-state index contributed by atoms with van der Waals surface area (Å²) in [6.07, 6.45) is 0. The highest BCUT2D eigenvalue weighted by Crippen LogP contribution is 2.30. The van der Waals surface area contributed by atoms with Gasteiger partial charge in [-0.1, -0.05) is 12.1 Å². The third-order valence-corrected chi connectivity index (χ3v) is 5.55. The van der Waals surface area contributed by atoms with Crippen LogP contribution in [0.2, 0.25) is 0 Å². The molecule has 0 saturated carbocycles. The van der Waals surface area contributed by atoms with Gasteiger partial charge in [-0.05, 0) is 59.3 Å². The molecule has 0 unspecified atom stereocenters. The van der Waals surface area contributed by atoms with Gasteiger partial charge in [0.2, 0.25) is 0 Å². The van der Waals surface area contributed by atoms with Crippen LogP contribution >= 0.6 is 15.9 Å². The molecule has 0 atom stereocenters. The predicted octanol–water partition coefficient (Wildman–Crippen LogP) is 3.35. The highest BCUT2D eigenvalue weighted by atomic mass is 79.9. The van der Waals surface area contributed by atoms with Gasteiger partial charge in [0.05, 0.1) is 17.2 Å². The molecule has 24 heavy (non-hydrogen) atoms. The number of para-hydroxylation sites is 1. The number of hydrogen-bond acceptors (Lipinski definition) is 4.